The maximum absolute atomic E-state index is 13.4. The monoisotopic (exact) mass is 380 g/mol. The molecule has 0 saturated carbocycles. The van der Waals surface area contributed by atoms with Crippen molar-refractivity contribution in [3.8, 4) is 22.4 Å². The largest absolute Gasteiger partial charge is 0.375 e. The summed E-state index contributed by atoms with van der Waals surface area (Å²) in [5, 5.41) is 7.57. The molecule has 28 heavy (non-hydrogen) atoms. The highest BCUT2D eigenvalue weighted by Gasteiger charge is 2.31. The van der Waals surface area contributed by atoms with E-state index in [-0.39, 0.29) is 17.8 Å². The van der Waals surface area contributed by atoms with Crippen LogP contribution in [0.5, 0.6) is 0 Å². The second kappa shape index (κ2) is 7.52. The summed E-state index contributed by atoms with van der Waals surface area (Å²) < 4.78 is 21.0. The Morgan fingerprint density at radius 2 is 2.07 bits per heavy atom. The van der Waals surface area contributed by atoms with E-state index in [4.69, 9.17) is 9.84 Å². The number of aryl methyl sites for hydroxylation is 1. The Labute approximate surface area is 162 Å². The van der Waals surface area contributed by atoms with E-state index in [1.165, 1.54) is 12.1 Å². The molecule has 1 aliphatic heterocycles. The molecule has 144 valence electrons. The maximum atomic E-state index is 13.4. The second-order valence-corrected chi connectivity index (χ2v) is 6.68. The summed E-state index contributed by atoms with van der Waals surface area (Å²) in [7, 11) is 1.69. The second-order valence-electron chi connectivity index (χ2n) is 6.68. The standard InChI is InChI=1S/C21H21FN4O2/c1-3-18(27)24-17-12-14(8-10-23-17)19-20(13-4-6-15(22)7-5-13)25-26-11-9-16(28-2)21(19)26/h4-8,10,12,16H,3,9,11H2,1-2H3,(H,23,24,27). The van der Waals surface area contributed by atoms with Crippen molar-refractivity contribution in [1.82, 2.24) is 14.8 Å². The Balaban J connectivity index is 1.86. The third-order valence-electron chi connectivity index (χ3n) is 4.94. The number of benzene rings is 1. The van der Waals surface area contributed by atoms with Crippen molar-refractivity contribution in [2.24, 2.45) is 0 Å². The Kier molecular flexibility index (Phi) is 4.92. The first-order valence-corrected chi connectivity index (χ1v) is 9.26. The van der Waals surface area contributed by atoms with E-state index in [0.717, 1.165) is 41.0 Å². The first-order valence-electron chi connectivity index (χ1n) is 9.26. The first-order chi connectivity index (χ1) is 13.6. The Bertz CT molecular complexity index is 1010. The number of rotatable bonds is 5. The van der Waals surface area contributed by atoms with Crippen molar-refractivity contribution in [2.45, 2.75) is 32.4 Å². The number of nitrogens with zero attached hydrogens (tertiary/aromatic N) is 3. The molecular formula is C21H21FN4O2. The lowest BCUT2D eigenvalue weighted by atomic mass is 9.97. The van der Waals surface area contributed by atoms with Crippen LogP contribution in [0.4, 0.5) is 10.2 Å². The third-order valence-corrected chi connectivity index (χ3v) is 4.94. The Morgan fingerprint density at radius 1 is 1.29 bits per heavy atom. The Hall–Kier alpha value is -3.06. The molecule has 1 N–H and O–H groups in total. The van der Waals surface area contributed by atoms with E-state index in [0.29, 0.717) is 12.2 Å². The van der Waals surface area contributed by atoms with Gasteiger partial charge in [-0.1, -0.05) is 6.92 Å². The lowest BCUT2D eigenvalue weighted by Crippen LogP contribution is -2.10. The zero-order valence-corrected chi connectivity index (χ0v) is 15.8. The zero-order chi connectivity index (χ0) is 19.7. The number of ether oxygens (including phenoxy) is 1. The summed E-state index contributed by atoms with van der Waals surface area (Å²) in [5.41, 5.74) is 4.37. The van der Waals surface area contributed by atoms with E-state index >= 15 is 0 Å². The zero-order valence-electron chi connectivity index (χ0n) is 15.8. The molecule has 0 bridgehead atoms. The molecule has 0 fully saturated rings. The molecule has 1 atom stereocenters. The van der Waals surface area contributed by atoms with Crippen molar-refractivity contribution < 1.29 is 13.9 Å². The quantitative estimate of drug-likeness (QED) is 0.721. The molecule has 0 spiro atoms. The van der Waals surface area contributed by atoms with Gasteiger partial charge in [0, 0.05) is 37.4 Å². The van der Waals surface area contributed by atoms with Crippen molar-refractivity contribution >= 4 is 11.7 Å². The number of hydrogen-bond acceptors (Lipinski definition) is 4. The molecule has 1 aromatic carbocycles. The van der Waals surface area contributed by atoms with Crippen molar-refractivity contribution in [3.05, 3.63) is 54.1 Å². The molecular weight excluding hydrogens is 359 g/mol. The molecule has 0 aliphatic carbocycles. The van der Waals surface area contributed by atoms with E-state index in [2.05, 4.69) is 10.3 Å². The van der Waals surface area contributed by atoms with Gasteiger partial charge in [0.25, 0.3) is 0 Å². The minimum atomic E-state index is -0.291. The number of halogens is 1. The maximum Gasteiger partial charge on any atom is 0.225 e. The van der Waals surface area contributed by atoms with Gasteiger partial charge in [0.15, 0.2) is 0 Å². The molecule has 3 heterocycles. The van der Waals surface area contributed by atoms with E-state index in [1.54, 1.807) is 32.4 Å². The summed E-state index contributed by atoms with van der Waals surface area (Å²) in [6, 6.07) is 10.0. The van der Waals surface area contributed by atoms with Crippen LogP contribution >= 0.6 is 0 Å². The normalized spacial score (nSPS) is 15.5. The predicted molar refractivity (Wildman–Crippen MR) is 104 cm³/mol. The molecule has 1 unspecified atom stereocenters. The van der Waals surface area contributed by atoms with Crippen LogP contribution in [0.3, 0.4) is 0 Å². The van der Waals surface area contributed by atoms with E-state index in [1.807, 2.05) is 16.8 Å². The number of carbonyl (C=O) groups excluding carboxylic acids is 1. The van der Waals surface area contributed by atoms with Gasteiger partial charge in [0.2, 0.25) is 5.91 Å². The fraction of sp³-hybridized carbons (Fsp3) is 0.286. The predicted octanol–water partition coefficient (Wildman–Crippen LogP) is 4.19. The van der Waals surface area contributed by atoms with Gasteiger partial charge in [0.1, 0.15) is 23.4 Å². The van der Waals surface area contributed by atoms with Crippen LogP contribution < -0.4 is 5.32 Å². The molecule has 6 nitrogen and oxygen atoms in total. The highest BCUT2D eigenvalue weighted by Crippen LogP contribution is 2.42. The fourth-order valence-corrected chi connectivity index (χ4v) is 3.56. The van der Waals surface area contributed by atoms with Gasteiger partial charge in [-0.3, -0.25) is 9.48 Å². The molecule has 4 rings (SSSR count). The van der Waals surface area contributed by atoms with Crippen LogP contribution in [0, 0.1) is 5.82 Å². The molecule has 0 saturated heterocycles. The smallest absolute Gasteiger partial charge is 0.225 e. The number of hydrogen-bond donors (Lipinski definition) is 1. The SMILES string of the molecule is CCC(=O)Nc1cc(-c2c(-c3ccc(F)cc3)nn3c2C(OC)CC3)ccn1. The van der Waals surface area contributed by atoms with Crippen LogP contribution in [-0.2, 0) is 16.1 Å². The number of anilines is 1. The number of nitrogens with one attached hydrogen (secondary N) is 1. The van der Waals surface area contributed by atoms with Gasteiger partial charge in [0.05, 0.1) is 5.69 Å². The van der Waals surface area contributed by atoms with Gasteiger partial charge in [-0.2, -0.15) is 5.10 Å². The van der Waals surface area contributed by atoms with Gasteiger partial charge >= 0.3 is 0 Å². The summed E-state index contributed by atoms with van der Waals surface area (Å²) >= 11 is 0. The average Bonchev–Trinajstić information content (AvgIpc) is 3.27. The average molecular weight is 380 g/mol. The van der Waals surface area contributed by atoms with Crippen LogP contribution in [0.15, 0.2) is 42.6 Å². The summed E-state index contributed by atoms with van der Waals surface area (Å²) in [6.45, 7) is 2.55. The highest BCUT2D eigenvalue weighted by molar-refractivity contribution is 5.91. The summed E-state index contributed by atoms with van der Waals surface area (Å²) in [5.74, 6) is 0.0972. The van der Waals surface area contributed by atoms with Crippen LogP contribution in [0.25, 0.3) is 22.4 Å². The van der Waals surface area contributed by atoms with Crippen molar-refractivity contribution in [2.75, 3.05) is 12.4 Å². The number of methoxy groups -OCH3 is 1. The number of carbonyl (C=O) groups is 1. The molecule has 2 aromatic heterocycles. The number of fused-ring (bicyclic) bond motifs is 1. The minimum absolute atomic E-state index is 0.0708. The van der Waals surface area contributed by atoms with Crippen LogP contribution in [0.2, 0.25) is 0 Å². The van der Waals surface area contributed by atoms with E-state index in [9.17, 15) is 9.18 Å². The Morgan fingerprint density at radius 3 is 2.79 bits per heavy atom. The number of pyridine rings is 1. The topological polar surface area (TPSA) is 69.0 Å². The first kappa shape index (κ1) is 18.3. The van der Waals surface area contributed by atoms with Gasteiger partial charge in [-0.25, -0.2) is 9.37 Å². The lowest BCUT2D eigenvalue weighted by Gasteiger charge is -2.12. The third kappa shape index (κ3) is 3.29. The summed E-state index contributed by atoms with van der Waals surface area (Å²) in [4.78, 5) is 16.0. The molecule has 1 amide bonds. The van der Waals surface area contributed by atoms with Gasteiger partial charge < -0.3 is 10.1 Å². The molecule has 3 aromatic rings. The molecule has 1 aliphatic rings. The van der Waals surface area contributed by atoms with Gasteiger partial charge in [-0.15, -0.1) is 0 Å². The van der Waals surface area contributed by atoms with Crippen LogP contribution in [0.1, 0.15) is 31.6 Å². The lowest BCUT2D eigenvalue weighted by molar-refractivity contribution is -0.115. The van der Waals surface area contributed by atoms with E-state index < -0.39 is 0 Å². The van der Waals surface area contributed by atoms with Crippen molar-refractivity contribution in [3.63, 3.8) is 0 Å². The minimum Gasteiger partial charge on any atom is -0.375 e. The summed E-state index contributed by atoms with van der Waals surface area (Å²) in [6.07, 6.45) is 2.82. The number of aromatic nitrogens is 3. The highest BCUT2D eigenvalue weighted by atomic mass is 19.1. The van der Waals surface area contributed by atoms with Crippen molar-refractivity contribution in [1.29, 1.82) is 0 Å². The fourth-order valence-electron chi connectivity index (χ4n) is 3.56. The van der Waals surface area contributed by atoms with Gasteiger partial charge in [-0.05, 0) is 48.4 Å². The molecule has 7 heteroatoms. The van der Waals surface area contributed by atoms with Crippen LogP contribution in [-0.4, -0.2) is 27.8 Å². The number of amides is 1. The molecule has 0 radical (unpaired) electrons.